The highest BCUT2D eigenvalue weighted by Gasteiger charge is 2.43. The molecule has 4 aliphatic rings. The van der Waals surface area contributed by atoms with E-state index in [4.69, 9.17) is 19.2 Å². The predicted molar refractivity (Wildman–Crippen MR) is 285 cm³/mol. The molecular formula is C56H66N12O6S. The van der Waals surface area contributed by atoms with E-state index in [2.05, 4.69) is 52.3 Å². The summed E-state index contributed by atoms with van der Waals surface area (Å²) >= 11 is 1.59. The number of aromatic nitrogens is 7. The number of thiazole rings is 1. The van der Waals surface area contributed by atoms with Gasteiger partial charge >= 0.3 is 0 Å². The van der Waals surface area contributed by atoms with Gasteiger partial charge in [-0.25, -0.2) is 15.0 Å². The number of amides is 2. The van der Waals surface area contributed by atoms with Crippen LogP contribution in [-0.2, 0) is 22.6 Å². The molecule has 0 radical (unpaired) electrons. The highest BCUT2D eigenvalue weighted by molar-refractivity contribution is 7.13. The van der Waals surface area contributed by atoms with Gasteiger partial charge in [-0.15, -0.1) is 21.5 Å². The number of fused-ring (bicyclic) bond motifs is 3. The standard InChI is InChI=1S/C56H66N12O6S/c1-33(2)50(55(72)68-31-41(69)25-46(68)54(71)57-28-36-9-11-38(12-10-36)52-34(3)60-32-75-52)48-27-49(64-74-48)73-24-23-65-18-15-40(16-19-65)66-20-13-37(14-21-66)39-29-58-56(59-30-39)67-22-17-44-51(35(67)4)43-26-45(62-63-53(43)61-44)42-7-5-6-8-47(42)70/h5-12,26-27,29-30,32-33,35,37,40-41,46,50,69-70H,13-25,28,31H2,1-4H3,(H,57,71)(H,61,63)/t35-,41+,46-,50?/m0/s1. The van der Waals surface area contributed by atoms with E-state index in [9.17, 15) is 19.8 Å². The summed E-state index contributed by atoms with van der Waals surface area (Å²) in [5, 5.41) is 38.3. The Morgan fingerprint density at radius 2 is 1.73 bits per heavy atom. The molecule has 2 aromatic carbocycles. The number of hydrogen-bond donors (Lipinski definition) is 4. The van der Waals surface area contributed by atoms with E-state index in [0.29, 0.717) is 48.0 Å². The Hall–Kier alpha value is -6.80. The highest BCUT2D eigenvalue weighted by atomic mass is 32.1. The van der Waals surface area contributed by atoms with E-state index in [1.165, 1.54) is 16.0 Å². The lowest BCUT2D eigenvalue weighted by Gasteiger charge is -2.41. The van der Waals surface area contributed by atoms with Crippen LogP contribution >= 0.6 is 11.3 Å². The number of hydrogen-bond acceptors (Lipinski definition) is 16. The van der Waals surface area contributed by atoms with Crippen LogP contribution in [0.25, 0.3) is 32.7 Å². The lowest BCUT2D eigenvalue weighted by Crippen LogP contribution is -2.48. The molecule has 11 rings (SSSR count). The van der Waals surface area contributed by atoms with Crippen LogP contribution in [0.4, 0.5) is 5.95 Å². The minimum atomic E-state index is -0.810. The number of likely N-dealkylation sites (tertiary alicyclic amines) is 3. The number of aliphatic hydroxyl groups excluding tert-OH is 1. The van der Waals surface area contributed by atoms with Crippen LogP contribution in [0.1, 0.15) is 105 Å². The van der Waals surface area contributed by atoms with Crippen molar-refractivity contribution in [2.24, 2.45) is 5.92 Å². The van der Waals surface area contributed by atoms with Crippen molar-refractivity contribution in [2.75, 3.05) is 57.3 Å². The molecule has 9 heterocycles. The highest BCUT2D eigenvalue weighted by Crippen LogP contribution is 2.40. The number of carbonyl (C=O) groups excluding carboxylic acids is 2. The summed E-state index contributed by atoms with van der Waals surface area (Å²) in [5.41, 5.74) is 10.4. The number of aliphatic hydroxyl groups is 1. The van der Waals surface area contributed by atoms with Gasteiger partial charge in [-0.3, -0.25) is 14.5 Å². The van der Waals surface area contributed by atoms with E-state index in [-0.39, 0.29) is 42.5 Å². The van der Waals surface area contributed by atoms with Gasteiger partial charge in [0, 0.05) is 85.7 Å². The Bertz CT molecular complexity index is 3110. The van der Waals surface area contributed by atoms with E-state index >= 15 is 0 Å². The normalized spacial score (nSPS) is 20.5. The molecule has 392 valence electrons. The van der Waals surface area contributed by atoms with Crippen LogP contribution < -0.4 is 15.0 Å². The van der Waals surface area contributed by atoms with Gasteiger partial charge in [0.05, 0.1) is 33.9 Å². The summed E-state index contributed by atoms with van der Waals surface area (Å²) in [5.74, 6) is 0.606. The van der Waals surface area contributed by atoms with Crippen molar-refractivity contribution in [3.05, 3.63) is 112 Å². The number of aromatic hydroxyl groups is 1. The van der Waals surface area contributed by atoms with Gasteiger partial charge < -0.3 is 44.5 Å². The van der Waals surface area contributed by atoms with Gasteiger partial charge in [-0.05, 0) is 118 Å². The summed E-state index contributed by atoms with van der Waals surface area (Å²) in [4.78, 5) is 55.5. The second-order valence-corrected chi connectivity index (χ2v) is 21.9. The van der Waals surface area contributed by atoms with E-state index < -0.39 is 18.1 Å². The van der Waals surface area contributed by atoms with E-state index in [1.807, 2.05) is 81.1 Å². The minimum absolute atomic E-state index is 0.0250. The number of carbonyl (C=O) groups is 2. The molecule has 0 saturated carbocycles. The maximum atomic E-state index is 14.2. The molecule has 4 aliphatic heterocycles. The molecule has 4 N–H and O–H groups in total. The smallest absolute Gasteiger partial charge is 0.254 e. The molecule has 4 atom stereocenters. The van der Waals surface area contributed by atoms with Crippen LogP contribution in [-0.4, -0.2) is 143 Å². The molecule has 3 fully saturated rings. The molecule has 7 aromatic rings. The first-order chi connectivity index (χ1) is 36.4. The number of phenols is 1. The van der Waals surface area contributed by atoms with E-state index in [0.717, 1.165) is 116 Å². The van der Waals surface area contributed by atoms with Crippen LogP contribution in [0, 0.1) is 12.8 Å². The maximum Gasteiger partial charge on any atom is 0.254 e. The number of benzene rings is 2. The van der Waals surface area contributed by atoms with Gasteiger partial charge in [-0.2, -0.15) is 0 Å². The number of aryl methyl sites for hydroxylation is 1. The van der Waals surface area contributed by atoms with Crippen LogP contribution in [0.5, 0.6) is 11.6 Å². The molecule has 18 nitrogen and oxygen atoms in total. The molecular weight excluding hydrogens is 969 g/mol. The molecule has 5 aromatic heterocycles. The fraction of sp³-hybridized carbons (Fsp3) is 0.464. The molecule has 75 heavy (non-hydrogen) atoms. The zero-order valence-corrected chi connectivity index (χ0v) is 43.9. The Labute approximate surface area is 440 Å². The number of nitrogens with one attached hydrogen (secondary N) is 2. The summed E-state index contributed by atoms with van der Waals surface area (Å²) in [6.45, 7) is 14.5. The fourth-order valence-electron chi connectivity index (χ4n) is 11.9. The topological polar surface area (TPSA) is 215 Å². The van der Waals surface area contributed by atoms with Crippen LogP contribution in [0.3, 0.4) is 0 Å². The number of anilines is 1. The summed E-state index contributed by atoms with van der Waals surface area (Å²) < 4.78 is 11.8. The monoisotopic (exact) mass is 1030 g/mol. The molecule has 3 saturated heterocycles. The quantitative estimate of drug-likeness (QED) is 0.0787. The van der Waals surface area contributed by atoms with Crippen molar-refractivity contribution in [1.82, 2.24) is 55.3 Å². The van der Waals surface area contributed by atoms with Gasteiger partial charge in [0.15, 0.2) is 11.4 Å². The number of nitrogens with zero attached hydrogens (tertiary/aromatic N) is 10. The average molecular weight is 1040 g/mol. The minimum Gasteiger partial charge on any atom is -0.507 e. The van der Waals surface area contributed by atoms with Crippen molar-refractivity contribution in [3.8, 4) is 33.3 Å². The molecule has 19 heteroatoms. The van der Waals surface area contributed by atoms with Crippen LogP contribution in [0.15, 0.2) is 83.1 Å². The Morgan fingerprint density at radius 3 is 2.47 bits per heavy atom. The third-order valence-electron chi connectivity index (χ3n) is 16.0. The second-order valence-electron chi connectivity index (χ2n) is 21.1. The zero-order valence-electron chi connectivity index (χ0n) is 43.1. The molecule has 0 bridgehead atoms. The van der Waals surface area contributed by atoms with E-state index in [1.54, 1.807) is 29.5 Å². The maximum absolute atomic E-state index is 14.2. The van der Waals surface area contributed by atoms with Crippen molar-refractivity contribution >= 4 is 40.1 Å². The Morgan fingerprint density at radius 1 is 0.960 bits per heavy atom. The van der Waals surface area contributed by atoms with Gasteiger partial charge in [0.1, 0.15) is 24.3 Å². The molecule has 0 aliphatic carbocycles. The number of aromatic amines is 1. The van der Waals surface area contributed by atoms with Crippen LogP contribution in [0.2, 0.25) is 0 Å². The zero-order chi connectivity index (χ0) is 51.7. The average Bonchev–Trinajstić information content (AvgIpc) is 4.25. The number of H-pyrrole nitrogens is 1. The fourth-order valence-corrected chi connectivity index (χ4v) is 12.7. The lowest BCUT2D eigenvalue weighted by atomic mass is 9.89. The summed E-state index contributed by atoms with van der Waals surface area (Å²) in [6.07, 6.45) is 8.63. The number of piperidine rings is 2. The van der Waals surface area contributed by atoms with Gasteiger partial charge in [0.2, 0.25) is 17.8 Å². The number of ether oxygens (including phenoxy) is 1. The van der Waals surface area contributed by atoms with Crippen molar-refractivity contribution in [3.63, 3.8) is 0 Å². The Kier molecular flexibility index (Phi) is 14.6. The Balaban J connectivity index is 0.619. The lowest BCUT2D eigenvalue weighted by molar-refractivity contribution is -0.141. The first-order valence-corrected chi connectivity index (χ1v) is 27.4. The number of rotatable bonds is 15. The van der Waals surface area contributed by atoms with Crippen molar-refractivity contribution in [1.29, 1.82) is 0 Å². The summed E-state index contributed by atoms with van der Waals surface area (Å²) in [6, 6.07) is 18.7. The van der Waals surface area contributed by atoms with Crippen molar-refractivity contribution in [2.45, 2.75) is 109 Å². The first kappa shape index (κ1) is 50.4. The largest absolute Gasteiger partial charge is 0.507 e. The first-order valence-electron chi connectivity index (χ1n) is 26.5. The van der Waals surface area contributed by atoms with Gasteiger partial charge in [0.25, 0.3) is 5.88 Å². The third-order valence-corrected chi connectivity index (χ3v) is 17.0. The predicted octanol–water partition coefficient (Wildman–Crippen LogP) is 7.40. The number of β-amino-alcohol motifs (C(OH)–C–C–N with tert-alkyl or cyclic N) is 1. The molecule has 2 amide bonds. The third kappa shape index (κ3) is 10.6. The number of phenolic OH excluding ortho intramolecular Hbond substituents is 1. The molecule has 1 unspecified atom stereocenters. The van der Waals surface area contributed by atoms with Crippen molar-refractivity contribution < 1.29 is 29.1 Å². The summed E-state index contributed by atoms with van der Waals surface area (Å²) in [7, 11) is 0. The van der Waals surface area contributed by atoms with Gasteiger partial charge in [-0.1, -0.05) is 50.2 Å². The molecule has 0 spiro atoms. The SMILES string of the molecule is Cc1ncsc1-c1ccc(CNC(=O)[C@@H]2C[C@@H](O)CN2C(=O)C(c2cc(OCCN3CCC(N4CCC(c5cnc(N6CCc7[nH]c8nnc(-c9ccccc9O)cc8c7[C@@H]6C)nc5)CC4)CC3)no2)C(C)C)cc1. The number of para-hydroxylation sites is 1. The second kappa shape index (κ2) is 21.8.